The zero-order valence-corrected chi connectivity index (χ0v) is 14.0. The van der Waals surface area contributed by atoms with Gasteiger partial charge < -0.3 is 19.2 Å². The molecule has 0 spiro atoms. The highest BCUT2D eigenvalue weighted by Crippen LogP contribution is 2.30. The van der Waals surface area contributed by atoms with E-state index in [9.17, 15) is 0 Å². The van der Waals surface area contributed by atoms with Crippen LogP contribution < -0.4 is 14.8 Å². The lowest BCUT2D eigenvalue weighted by atomic mass is 10.2. The molecule has 2 aromatic carbocycles. The van der Waals surface area contributed by atoms with E-state index >= 15 is 0 Å². The Morgan fingerprint density at radius 1 is 1.04 bits per heavy atom. The van der Waals surface area contributed by atoms with Gasteiger partial charge in [0, 0.05) is 22.3 Å². The van der Waals surface area contributed by atoms with Crippen LogP contribution in [0.3, 0.4) is 0 Å². The van der Waals surface area contributed by atoms with Crippen molar-refractivity contribution < 1.29 is 13.9 Å². The molecule has 124 valence electrons. The van der Waals surface area contributed by atoms with Crippen molar-refractivity contribution in [3.8, 4) is 23.0 Å². The molecule has 0 atom stereocenters. The molecule has 0 saturated heterocycles. The number of aromatic nitrogens is 2. The first kappa shape index (κ1) is 16.1. The Kier molecular flexibility index (Phi) is 4.86. The molecule has 3 aromatic rings. The second kappa shape index (κ2) is 7.23. The number of hydrogen-bond donors (Lipinski definition) is 1. The molecule has 0 aliphatic heterocycles. The molecule has 3 rings (SSSR count). The zero-order valence-electron chi connectivity index (χ0n) is 13.2. The van der Waals surface area contributed by atoms with Gasteiger partial charge in [-0.2, -0.15) is 0 Å². The van der Waals surface area contributed by atoms with Gasteiger partial charge >= 0.3 is 0 Å². The molecular weight excluding hydrogens is 330 g/mol. The van der Waals surface area contributed by atoms with Gasteiger partial charge in [0.15, 0.2) is 11.5 Å². The third kappa shape index (κ3) is 3.60. The monoisotopic (exact) mass is 345 g/mol. The molecule has 1 heterocycles. The molecule has 24 heavy (non-hydrogen) atoms. The van der Waals surface area contributed by atoms with Gasteiger partial charge in [-0.25, -0.2) is 0 Å². The van der Waals surface area contributed by atoms with Crippen molar-refractivity contribution in [3.05, 3.63) is 53.4 Å². The molecule has 0 fully saturated rings. The Hall–Kier alpha value is -2.73. The number of hydrogen-bond acceptors (Lipinski definition) is 6. The Morgan fingerprint density at radius 3 is 2.62 bits per heavy atom. The maximum atomic E-state index is 5.97. The Labute approximate surface area is 144 Å². The summed E-state index contributed by atoms with van der Waals surface area (Å²) in [5.74, 6) is 2.22. The van der Waals surface area contributed by atoms with E-state index < -0.39 is 0 Å². The van der Waals surface area contributed by atoms with Crippen LogP contribution in [0.4, 0.5) is 5.69 Å². The van der Waals surface area contributed by atoms with Gasteiger partial charge in [0.1, 0.15) is 0 Å². The number of halogens is 1. The quantitative estimate of drug-likeness (QED) is 0.727. The van der Waals surface area contributed by atoms with E-state index in [0.29, 0.717) is 34.8 Å². The van der Waals surface area contributed by atoms with Gasteiger partial charge in [0.2, 0.25) is 11.8 Å². The SMILES string of the molecule is COc1ccc(NCc2nnc(-c3cccc(Cl)c3)o2)cc1OC. The summed E-state index contributed by atoms with van der Waals surface area (Å²) in [7, 11) is 3.19. The van der Waals surface area contributed by atoms with Crippen LogP contribution in [0.25, 0.3) is 11.5 Å². The van der Waals surface area contributed by atoms with E-state index in [0.717, 1.165) is 11.3 Å². The van der Waals surface area contributed by atoms with Crippen molar-refractivity contribution in [2.45, 2.75) is 6.54 Å². The number of benzene rings is 2. The van der Waals surface area contributed by atoms with E-state index in [1.807, 2.05) is 30.3 Å². The Balaban J connectivity index is 1.69. The van der Waals surface area contributed by atoms with Crippen LogP contribution in [0.5, 0.6) is 11.5 Å². The van der Waals surface area contributed by atoms with E-state index in [1.54, 1.807) is 26.4 Å². The molecule has 7 heteroatoms. The molecule has 0 unspecified atom stereocenters. The fraction of sp³-hybridized carbons (Fsp3) is 0.176. The lowest BCUT2D eigenvalue weighted by Gasteiger charge is -2.10. The second-order valence-corrected chi connectivity index (χ2v) is 5.37. The molecule has 0 saturated carbocycles. The minimum Gasteiger partial charge on any atom is -0.493 e. The smallest absolute Gasteiger partial charge is 0.247 e. The number of nitrogens with zero attached hydrogens (tertiary/aromatic N) is 2. The minimum atomic E-state index is 0.392. The fourth-order valence-electron chi connectivity index (χ4n) is 2.19. The summed E-state index contributed by atoms with van der Waals surface area (Å²) < 4.78 is 16.1. The van der Waals surface area contributed by atoms with Crippen molar-refractivity contribution in [1.29, 1.82) is 0 Å². The average molecular weight is 346 g/mol. The number of methoxy groups -OCH3 is 2. The van der Waals surface area contributed by atoms with Crippen molar-refractivity contribution in [3.63, 3.8) is 0 Å². The molecular formula is C17H16ClN3O3. The first-order valence-electron chi connectivity index (χ1n) is 7.24. The van der Waals surface area contributed by atoms with Gasteiger partial charge in [-0.3, -0.25) is 0 Å². The number of rotatable bonds is 6. The topological polar surface area (TPSA) is 69.4 Å². The van der Waals surface area contributed by atoms with E-state index in [2.05, 4.69) is 15.5 Å². The van der Waals surface area contributed by atoms with Crippen molar-refractivity contribution in [2.24, 2.45) is 0 Å². The summed E-state index contributed by atoms with van der Waals surface area (Å²) in [5, 5.41) is 11.9. The molecule has 6 nitrogen and oxygen atoms in total. The Bertz CT molecular complexity index is 835. The number of anilines is 1. The first-order valence-corrected chi connectivity index (χ1v) is 7.61. The summed E-state index contributed by atoms with van der Waals surface area (Å²) in [4.78, 5) is 0. The van der Waals surface area contributed by atoms with Crippen LogP contribution >= 0.6 is 11.6 Å². The van der Waals surface area contributed by atoms with Crippen molar-refractivity contribution >= 4 is 17.3 Å². The lowest BCUT2D eigenvalue weighted by Crippen LogP contribution is -2.00. The normalized spacial score (nSPS) is 10.5. The zero-order chi connectivity index (χ0) is 16.9. The summed E-state index contributed by atoms with van der Waals surface area (Å²) in [5.41, 5.74) is 1.64. The van der Waals surface area contributed by atoms with Crippen LogP contribution in [0, 0.1) is 0 Å². The molecule has 1 aromatic heterocycles. The standard InChI is InChI=1S/C17H16ClN3O3/c1-22-14-7-6-13(9-15(14)23-2)19-10-16-20-21-17(24-16)11-4-3-5-12(18)8-11/h3-9,19H,10H2,1-2H3. The summed E-state index contributed by atoms with van der Waals surface area (Å²) in [6, 6.07) is 12.8. The molecule has 0 aliphatic carbocycles. The maximum absolute atomic E-state index is 5.97. The highest BCUT2D eigenvalue weighted by Gasteiger charge is 2.10. The molecule has 1 N–H and O–H groups in total. The minimum absolute atomic E-state index is 0.392. The summed E-state index contributed by atoms with van der Waals surface area (Å²) in [6.45, 7) is 0.392. The van der Waals surface area contributed by atoms with Crippen LogP contribution in [0.2, 0.25) is 5.02 Å². The fourth-order valence-corrected chi connectivity index (χ4v) is 2.38. The predicted octanol–water partition coefficient (Wildman–Crippen LogP) is 4.02. The van der Waals surface area contributed by atoms with E-state index in [1.165, 1.54) is 0 Å². The average Bonchev–Trinajstić information content (AvgIpc) is 3.08. The van der Waals surface area contributed by atoms with Crippen LogP contribution in [-0.2, 0) is 6.54 Å². The van der Waals surface area contributed by atoms with Gasteiger partial charge in [0.05, 0.1) is 20.8 Å². The predicted molar refractivity (Wildman–Crippen MR) is 91.6 cm³/mol. The van der Waals surface area contributed by atoms with Crippen molar-refractivity contribution in [2.75, 3.05) is 19.5 Å². The molecule has 0 radical (unpaired) electrons. The lowest BCUT2D eigenvalue weighted by molar-refractivity contribution is 0.355. The number of nitrogens with one attached hydrogen (secondary N) is 1. The third-order valence-corrected chi connectivity index (χ3v) is 3.60. The second-order valence-electron chi connectivity index (χ2n) is 4.93. The summed E-state index contributed by atoms with van der Waals surface area (Å²) >= 11 is 5.97. The highest BCUT2D eigenvalue weighted by molar-refractivity contribution is 6.30. The van der Waals surface area contributed by atoms with Gasteiger partial charge in [-0.1, -0.05) is 17.7 Å². The van der Waals surface area contributed by atoms with Crippen LogP contribution in [0.1, 0.15) is 5.89 Å². The summed E-state index contributed by atoms with van der Waals surface area (Å²) in [6.07, 6.45) is 0. The number of ether oxygens (including phenoxy) is 2. The van der Waals surface area contributed by atoms with Crippen molar-refractivity contribution in [1.82, 2.24) is 10.2 Å². The third-order valence-electron chi connectivity index (χ3n) is 3.37. The van der Waals surface area contributed by atoms with E-state index in [4.69, 9.17) is 25.5 Å². The van der Waals surface area contributed by atoms with Gasteiger partial charge in [0.25, 0.3) is 0 Å². The van der Waals surface area contributed by atoms with Crippen LogP contribution in [-0.4, -0.2) is 24.4 Å². The van der Waals surface area contributed by atoms with E-state index in [-0.39, 0.29) is 0 Å². The van der Waals surface area contributed by atoms with Gasteiger partial charge in [-0.15, -0.1) is 10.2 Å². The maximum Gasteiger partial charge on any atom is 0.247 e. The highest BCUT2D eigenvalue weighted by atomic mass is 35.5. The largest absolute Gasteiger partial charge is 0.493 e. The molecule has 0 bridgehead atoms. The molecule has 0 amide bonds. The van der Waals surface area contributed by atoms with Crippen LogP contribution in [0.15, 0.2) is 46.9 Å². The Morgan fingerprint density at radius 2 is 1.88 bits per heavy atom. The molecule has 0 aliphatic rings. The first-order chi connectivity index (χ1) is 11.7. The van der Waals surface area contributed by atoms with Gasteiger partial charge in [-0.05, 0) is 30.3 Å².